The molecule has 14 rings (SSSR count). The molecule has 2 aliphatic heterocycles. The van der Waals surface area contributed by atoms with E-state index in [0.717, 1.165) is 12.8 Å². The summed E-state index contributed by atoms with van der Waals surface area (Å²) in [6.07, 6.45) is 1.86. The van der Waals surface area contributed by atoms with Crippen molar-refractivity contribution in [2.45, 2.75) is 51.4 Å². The van der Waals surface area contributed by atoms with Crippen LogP contribution in [0.1, 0.15) is 72.2 Å². The predicted octanol–water partition coefficient (Wildman–Crippen LogP) is 14.4. The fourth-order valence-electron chi connectivity index (χ4n) is 13.3. The smallest absolute Gasteiger partial charge is 0.179 e. The van der Waals surface area contributed by atoms with Gasteiger partial charge in [-0.3, -0.25) is 0 Å². The van der Waals surface area contributed by atoms with Gasteiger partial charge in [-0.05, 0) is 149 Å². The number of hydrogen-bond acceptors (Lipinski definition) is 2. The monoisotopic (exact) mass is 926 g/mol. The lowest BCUT2D eigenvalue weighted by atomic mass is 9.73. The first-order valence-electron chi connectivity index (χ1n) is 25.3. The molecule has 0 saturated carbocycles. The molecular weight excluding hydrogens is 873 g/mol. The van der Waals surface area contributed by atoms with Crippen LogP contribution >= 0.6 is 0 Å². The molecule has 0 amide bonds. The van der Waals surface area contributed by atoms with E-state index < -0.39 is 8.07 Å². The summed E-state index contributed by atoms with van der Waals surface area (Å²) in [6.45, 7) is 9.46. The van der Waals surface area contributed by atoms with Crippen LogP contribution in [0, 0.1) is 0 Å². The summed E-state index contributed by atoms with van der Waals surface area (Å²) in [5.41, 5.74) is 23.5. The Labute approximate surface area is 419 Å². The molecule has 340 valence electrons. The lowest BCUT2D eigenvalue weighted by molar-refractivity contribution is 0.632. The molecule has 0 bridgehead atoms. The highest BCUT2D eigenvalue weighted by molar-refractivity contribution is 7.20. The normalized spacial score (nSPS) is 15.1. The second-order valence-corrected chi connectivity index (χ2v) is 25.1. The van der Waals surface area contributed by atoms with Crippen molar-refractivity contribution in [1.29, 1.82) is 0 Å². The summed E-state index contributed by atoms with van der Waals surface area (Å²) >= 11 is 0. The van der Waals surface area contributed by atoms with Crippen LogP contribution < -0.4 is 30.5 Å². The zero-order chi connectivity index (χ0) is 47.6. The molecule has 0 saturated heterocycles. The third-order valence-electron chi connectivity index (χ3n) is 16.8. The molecule has 2 heterocycles. The Morgan fingerprint density at radius 2 is 0.592 bits per heavy atom. The molecule has 2 aliphatic carbocycles. The van der Waals surface area contributed by atoms with Crippen LogP contribution in [0.3, 0.4) is 0 Å². The summed E-state index contributed by atoms with van der Waals surface area (Å²) in [5.74, 6) is 0. The first-order valence-corrected chi connectivity index (χ1v) is 27.3. The van der Waals surface area contributed by atoms with Gasteiger partial charge in [-0.15, -0.1) is 0 Å². The maximum Gasteiger partial charge on any atom is 0.179 e. The molecule has 2 nitrogen and oxygen atoms in total. The van der Waals surface area contributed by atoms with Crippen molar-refractivity contribution in [3.63, 3.8) is 0 Å². The minimum absolute atomic E-state index is 0.115. The average molecular weight is 927 g/mol. The summed E-state index contributed by atoms with van der Waals surface area (Å²) in [7, 11) is -2.96. The second-order valence-electron chi connectivity index (χ2n) is 21.3. The van der Waals surface area contributed by atoms with Gasteiger partial charge in [0.05, 0.1) is 22.7 Å². The number of rotatable bonds is 6. The van der Waals surface area contributed by atoms with Crippen LogP contribution in [0.25, 0.3) is 22.3 Å². The van der Waals surface area contributed by atoms with Crippen LogP contribution in [-0.4, -0.2) is 8.07 Å². The van der Waals surface area contributed by atoms with Gasteiger partial charge in [0.15, 0.2) is 8.07 Å². The number of benzene rings is 10. The van der Waals surface area contributed by atoms with E-state index in [1.807, 2.05) is 0 Å². The maximum absolute atomic E-state index is 2.96. The largest absolute Gasteiger partial charge is 0.310 e. The lowest BCUT2D eigenvalue weighted by Crippen LogP contribution is -2.74. The number of nitrogens with zero attached hydrogens (tertiary/aromatic N) is 2. The van der Waals surface area contributed by atoms with Gasteiger partial charge in [-0.25, -0.2) is 0 Å². The number of hydrogen-bond donors (Lipinski definition) is 0. The number of para-hydroxylation sites is 4. The van der Waals surface area contributed by atoms with Crippen LogP contribution in [0.2, 0.25) is 0 Å². The molecular formula is C68H54N2Si. The van der Waals surface area contributed by atoms with E-state index in [4.69, 9.17) is 0 Å². The van der Waals surface area contributed by atoms with Crippen molar-refractivity contribution in [2.24, 2.45) is 0 Å². The minimum atomic E-state index is -2.96. The third kappa shape index (κ3) is 6.06. The Morgan fingerprint density at radius 3 is 0.944 bits per heavy atom. The predicted molar refractivity (Wildman–Crippen MR) is 300 cm³/mol. The van der Waals surface area contributed by atoms with Gasteiger partial charge in [0.25, 0.3) is 0 Å². The molecule has 10 aromatic rings. The van der Waals surface area contributed by atoms with Crippen molar-refractivity contribution >= 4 is 62.9 Å². The molecule has 0 aromatic heterocycles. The Morgan fingerprint density at radius 1 is 0.296 bits per heavy atom. The third-order valence-corrected chi connectivity index (χ3v) is 21.6. The van der Waals surface area contributed by atoms with Crippen molar-refractivity contribution in [3.05, 3.63) is 275 Å². The Kier molecular flexibility index (Phi) is 9.16. The highest BCUT2D eigenvalue weighted by Gasteiger charge is 2.44. The van der Waals surface area contributed by atoms with E-state index in [2.05, 4.69) is 268 Å². The molecule has 10 aromatic carbocycles. The highest BCUT2D eigenvalue weighted by Crippen LogP contribution is 2.54. The van der Waals surface area contributed by atoms with Crippen molar-refractivity contribution < 1.29 is 0 Å². The quantitative estimate of drug-likeness (QED) is 0.121. The second kappa shape index (κ2) is 15.5. The van der Waals surface area contributed by atoms with Gasteiger partial charge in [0.2, 0.25) is 0 Å². The van der Waals surface area contributed by atoms with Crippen molar-refractivity contribution in [2.75, 3.05) is 9.80 Å². The van der Waals surface area contributed by atoms with E-state index in [1.54, 1.807) is 0 Å². The summed E-state index contributed by atoms with van der Waals surface area (Å²) < 4.78 is 0. The van der Waals surface area contributed by atoms with E-state index in [1.165, 1.54) is 122 Å². The average Bonchev–Trinajstić information content (AvgIpc) is 3.97. The topological polar surface area (TPSA) is 6.48 Å². The molecule has 0 radical (unpaired) electrons. The van der Waals surface area contributed by atoms with Crippen LogP contribution in [0.5, 0.6) is 0 Å². The zero-order valence-electron chi connectivity index (χ0n) is 40.7. The molecule has 71 heavy (non-hydrogen) atoms. The van der Waals surface area contributed by atoms with E-state index in [0.29, 0.717) is 0 Å². The van der Waals surface area contributed by atoms with E-state index in [-0.39, 0.29) is 10.8 Å². The number of anilines is 6. The van der Waals surface area contributed by atoms with Gasteiger partial charge in [-0.2, -0.15) is 0 Å². The minimum Gasteiger partial charge on any atom is -0.310 e. The van der Waals surface area contributed by atoms with Gasteiger partial charge in [0, 0.05) is 22.2 Å². The summed E-state index contributed by atoms with van der Waals surface area (Å²) in [5, 5.41) is 5.58. The van der Waals surface area contributed by atoms with Gasteiger partial charge < -0.3 is 9.80 Å². The Balaban J connectivity index is 0.941. The molecule has 0 N–H and O–H groups in total. The van der Waals surface area contributed by atoms with Crippen molar-refractivity contribution in [1.82, 2.24) is 0 Å². The maximum atomic E-state index is 2.60. The fraction of sp³-hybridized carbons (Fsp3) is 0.118. The number of fused-ring (bicyclic) bond motifs is 10. The van der Waals surface area contributed by atoms with Crippen molar-refractivity contribution in [3.8, 4) is 22.3 Å². The fourth-order valence-corrected chi connectivity index (χ4v) is 18.1. The van der Waals surface area contributed by atoms with Gasteiger partial charge >= 0.3 is 0 Å². The molecule has 0 atom stereocenters. The SMILES string of the molecule is CC1(C)c2ccccc2N(c2ccc3c(c2)-c2cc([Si](c4ccccc4)(c4ccccc4)c4ccc5c(c4)-c4cc(N6c7ccccc7C(C)(C)c7ccccc76)ccc4C5)ccc2C3)c2ccccc21. The van der Waals surface area contributed by atoms with E-state index in [9.17, 15) is 0 Å². The first kappa shape index (κ1) is 41.9. The zero-order valence-corrected chi connectivity index (χ0v) is 41.7. The molecule has 3 heteroatoms. The molecule has 0 spiro atoms. The van der Waals surface area contributed by atoms with Crippen LogP contribution in [0.4, 0.5) is 34.1 Å². The molecule has 4 aliphatic rings. The van der Waals surface area contributed by atoms with Gasteiger partial charge in [-0.1, -0.05) is 210 Å². The Hall–Kier alpha value is -7.98. The van der Waals surface area contributed by atoms with Crippen LogP contribution in [0.15, 0.2) is 231 Å². The molecule has 0 unspecified atom stereocenters. The highest BCUT2D eigenvalue weighted by atomic mass is 28.3. The summed E-state index contributed by atoms with van der Waals surface area (Å²) in [6, 6.07) is 88.4. The summed E-state index contributed by atoms with van der Waals surface area (Å²) in [4.78, 5) is 5.00. The Bertz CT molecular complexity index is 3440. The lowest BCUT2D eigenvalue weighted by Gasteiger charge is -2.42. The van der Waals surface area contributed by atoms with E-state index >= 15 is 0 Å². The van der Waals surface area contributed by atoms with Gasteiger partial charge in [0.1, 0.15) is 0 Å². The molecule has 0 fully saturated rings. The van der Waals surface area contributed by atoms with Crippen LogP contribution in [-0.2, 0) is 23.7 Å². The first-order chi connectivity index (χ1) is 34.7. The standard InChI is InChI=1S/C68H54N2Si/c1-67(2)59-23-11-15-27-63(59)69(64-28-16-12-24-60(64)67)49-35-31-45-39-47-33-37-53(43-57(47)55(45)41-49)71(51-19-7-5-8-20-51,52-21-9-6-10-22-52)54-38-34-48-40-46-32-36-50(42-56(46)58(48)44-54)70-65-29-17-13-25-61(65)68(3,4)62-26-14-18-30-66(62)70/h5-38,41-44H,39-40H2,1-4H3.